The van der Waals surface area contributed by atoms with Crippen molar-refractivity contribution in [2.24, 2.45) is 0 Å². The molecule has 1 unspecified atom stereocenters. The molecule has 1 heterocycles. The Bertz CT molecular complexity index is 566. The van der Waals surface area contributed by atoms with Gasteiger partial charge in [-0.25, -0.2) is 9.48 Å². The van der Waals surface area contributed by atoms with E-state index in [1.807, 2.05) is 0 Å². The van der Waals surface area contributed by atoms with Crippen LogP contribution in [0.2, 0.25) is 5.02 Å². The molecule has 0 spiro atoms. The molecule has 2 rings (SSSR count). The summed E-state index contributed by atoms with van der Waals surface area (Å²) in [6.45, 7) is 1.93. The molecule has 1 N–H and O–H groups in total. The summed E-state index contributed by atoms with van der Waals surface area (Å²) in [6.07, 6.45) is 1.93. The van der Waals surface area contributed by atoms with Crippen LogP contribution in [0.3, 0.4) is 0 Å². The molecule has 0 aliphatic rings. The Balaban J connectivity index is 2.16. The van der Waals surface area contributed by atoms with Crippen molar-refractivity contribution in [3.63, 3.8) is 0 Å². The van der Waals surface area contributed by atoms with Crippen molar-refractivity contribution in [2.75, 3.05) is 6.61 Å². The second-order valence-electron chi connectivity index (χ2n) is 3.85. The van der Waals surface area contributed by atoms with E-state index in [2.05, 4.69) is 5.10 Å². The van der Waals surface area contributed by atoms with E-state index in [0.717, 1.165) is 5.69 Å². The number of benzene rings is 1. The highest BCUT2D eigenvalue weighted by Crippen LogP contribution is 2.18. The first-order valence-corrected chi connectivity index (χ1v) is 6.15. The first kappa shape index (κ1) is 13.6. The summed E-state index contributed by atoms with van der Waals surface area (Å²) in [5.41, 5.74) is 1.26. The van der Waals surface area contributed by atoms with E-state index in [0.29, 0.717) is 10.6 Å². The Kier molecular flexibility index (Phi) is 4.19. The smallest absolute Gasteiger partial charge is 0.339 e. The van der Waals surface area contributed by atoms with Gasteiger partial charge in [-0.3, -0.25) is 0 Å². The zero-order valence-electron chi connectivity index (χ0n) is 10.3. The normalized spacial score (nSPS) is 12.2. The van der Waals surface area contributed by atoms with Crippen molar-refractivity contribution in [1.82, 2.24) is 9.78 Å². The maximum Gasteiger partial charge on any atom is 0.339 e. The van der Waals surface area contributed by atoms with E-state index < -0.39 is 12.1 Å². The SMILES string of the molecule is CCOC(=O)C(O)c1ccc(-n2cc(Cl)cn2)cc1. The Morgan fingerprint density at radius 2 is 2.16 bits per heavy atom. The van der Waals surface area contributed by atoms with Gasteiger partial charge in [-0.15, -0.1) is 0 Å². The molecule has 0 fully saturated rings. The van der Waals surface area contributed by atoms with Crippen LogP contribution in [0.1, 0.15) is 18.6 Å². The van der Waals surface area contributed by atoms with Crippen LogP contribution in [-0.2, 0) is 9.53 Å². The molecule has 0 saturated carbocycles. The summed E-state index contributed by atoms with van der Waals surface area (Å²) in [4.78, 5) is 11.4. The number of esters is 1. The van der Waals surface area contributed by atoms with E-state index in [9.17, 15) is 9.90 Å². The van der Waals surface area contributed by atoms with Gasteiger partial charge in [0, 0.05) is 6.20 Å². The van der Waals surface area contributed by atoms with Gasteiger partial charge >= 0.3 is 5.97 Å². The summed E-state index contributed by atoms with van der Waals surface area (Å²) in [7, 11) is 0. The number of aliphatic hydroxyl groups is 1. The summed E-state index contributed by atoms with van der Waals surface area (Å²) in [6, 6.07) is 6.77. The van der Waals surface area contributed by atoms with E-state index in [1.165, 1.54) is 6.20 Å². The molecule has 1 atom stereocenters. The van der Waals surface area contributed by atoms with Gasteiger partial charge in [0.15, 0.2) is 6.10 Å². The molecular weight excluding hydrogens is 268 g/mol. The number of aliphatic hydroxyl groups excluding tert-OH is 1. The van der Waals surface area contributed by atoms with Crippen LogP contribution in [0.4, 0.5) is 0 Å². The molecule has 0 aliphatic heterocycles. The van der Waals surface area contributed by atoms with Crippen LogP contribution in [0.5, 0.6) is 0 Å². The second-order valence-corrected chi connectivity index (χ2v) is 4.29. The van der Waals surface area contributed by atoms with Gasteiger partial charge in [0.05, 0.1) is 23.5 Å². The van der Waals surface area contributed by atoms with Crippen LogP contribution >= 0.6 is 11.6 Å². The van der Waals surface area contributed by atoms with Gasteiger partial charge in [-0.05, 0) is 24.6 Å². The molecule has 0 bridgehead atoms. The number of carbonyl (C=O) groups excluding carboxylic acids is 1. The predicted octanol–water partition coefficient (Wildman–Crippen LogP) is 2.12. The average molecular weight is 281 g/mol. The maximum absolute atomic E-state index is 11.4. The lowest BCUT2D eigenvalue weighted by Crippen LogP contribution is -2.15. The van der Waals surface area contributed by atoms with Gasteiger partial charge < -0.3 is 9.84 Å². The van der Waals surface area contributed by atoms with E-state index in [1.54, 1.807) is 42.1 Å². The second kappa shape index (κ2) is 5.86. The van der Waals surface area contributed by atoms with E-state index >= 15 is 0 Å². The third-order valence-corrected chi connectivity index (χ3v) is 2.73. The molecule has 0 radical (unpaired) electrons. The number of nitrogens with zero attached hydrogens (tertiary/aromatic N) is 2. The lowest BCUT2D eigenvalue weighted by atomic mass is 10.1. The lowest BCUT2D eigenvalue weighted by molar-refractivity contribution is -0.153. The Morgan fingerprint density at radius 1 is 1.47 bits per heavy atom. The monoisotopic (exact) mass is 280 g/mol. The van der Waals surface area contributed by atoms with Gasteiger partial charge in [-0.2, -0.15) is 5.10 Å². The molecule has 0 saturated heterocycles. The molecule has 0 aliphatic carbocycles. The number of hydrogen-bond acceptors (Lipinski definition) is 4. The fourth-order valence-corrected chi connectivity index (χ4v) is 1.74. The third-order valence-electron chi connectivity index (χ3n) is 2.53. The maximum atomic E-state index is 11.4. The molecule has 5 nitrogen and oxygen atoms in total. The van der Waals surface area contributed by atoms with Crippen molar-refractivity contribution in [2.45, 2.75) is 13.0 Å². The highest BCUT2D eigenvalue weighted by Gasteiger charge is 2.18. The number of aromatic nitrogens is 2. The number of ether oxygens (including phenoxy) is 1. The average Bonchev–Trinajstić information content (AvgIpc) is 2.85. The van der Waals surface area contributed by atoms with Gasteiger partial charge in [-0.1, -0.05) is 23.7 Å². The summed E-state index contributed by atoms with van der Waals surface area (Å²) in [5.74, 6) is -0.655. The quantitative estimate of drug-likeness (QED) is 0.872. The van der Waals surface area contributed by atoms with Crippen LogP contribution in [0.25, 0.3) is 5.69 Å². The first-order valence-electron chi connectivity index (χ1n) is 5.77. The minimum Gasteiger partial charge on any atom is -0.464 e. The zero-order chi connectivity index (χ0) is 13.8. The summed E-state index contributed by atoms with van der Waals surface area (Å²) in [5, 5.41) is 14.4. The Labute approximate surface area is 115 Å². The van der Waals surface area contributed by atoms with Crippen molar-refractivity contribution >= 4 is 17.6 Å². The van der Waals surface area contributed by atoms with Crippen LogP contribution in [0, 0.1) is 0 Å². The number of halogens is 1. The highest BCUT2D eigenvalue weighted by atomic mass is 35.5. The van der Waals surface area contributed by atoms with Crippen LogP contribution in [0.15, 0.2) is 36.7 Å². The largest absolute Gasteiger partial charge is 0.464 e. The van der Waals surface area contributed by atoms with Crippen LogP contribution < -0.4 is 0 Å². The number of rotatable bonds is 4. The van der Waals surface area contributed by atoms with Gasteiger partial charge in [0.1, 0.15) is 0 Å². The van der Waals surface area contributed by atoms with Crippen molar-refractivity contribution in [3.8, 4) is 5.69 Å². The molecular formula is C13H13ClN2O3. The molecule has 1 aromatic heterocycles. The molecule has 1 aromatic carbocycles. The fraction of sp³-hybridized carbons (Fsp3) is 0.231. The van der Waals surface area contributed by atoms with E-state index in [-0.39, 0.29) is 6.61 Å². The predicted molar refractivity (Wildman–Crippen MR) is 70.2 cm³/mol. The first-order chi connectivity index (χ1) is 9.11. The van der Waals surface area contributed by atoms with Crippen molar-refractivity contribution < 1.29 is 14.6 Å². The standard InChI is InChI=1S/C13H13ClN2O3/c1-2-19-13(18)12(17)9-3-5-11(6-4-9)16-8-10(14)7-15-16/h3-8,12,17H,2H2,1H3. The third kappa shape index (κ3) is 3.13. The molecule has 6 heteroatoms. The van der Waals surface area contributed by atoms with Crippen molar-refractivity contribution in [3.05, 3.63) is 47.2 Å². The Hall–Kier alpha value is -1.85. The van der Waals surface area contributed by atoms with E-state index in [4.69, 9.17) is 16.3 Å². The van der Waals surface area contributed by atoms with Gasteiger partial charge in [0.25, 0.3) is 0 Å². The minimum atomic E-state index is -1.27. The van der Waals surface area contributed by atoms with Gasteiger partial charge in [0.2, 0.25) is 0 Å². The fourth-order valence-electron chi connectivity index (χ4n) is 1.61. The summed E-state index contributed by atoms with van der Waals surface area (Å²) >= 11 is 5.78. The summed E-state index contributed by atoms with van der Waals surface area (Å²) < 4.78 is 6.35. The topological polar surface area (TPSA) is 64.3 Å². The highest BCUT2D eigenvalue weighted by molar-refractivity contribution is 6.30. The lowest BCUT2D eigenvalue weighted by Gasteiger charge is -2.10. The zero-order valence-corrected chi connectivity index (χ0v) is 11.0. The molecule has 19 heavy (non-hydrogen) atoms. The molecule has 100 valence electrons. The minimum absolute atomic E-state index is 0.236. The number of hydrogen-bond donors (Lipinski definition) is 1. The number of carbonyl (C=O) groups is 1. The Morgan fingerprint density at radius 3 is 2.68 bits per heavy atom. The molecule has 2 aromatic rings. The molecule has 0 amide bonds. The van der Waals surface area contributed by atoms with Crippen molar-refractivity contribution in [1.29, 1.82) is 0 Å². The van der Waals surface area contributed by atoms with Crippen LogP contribution in [-0.4, -0.2) is 27.5 Å².